The number of esters is 1. The van der Waals surface area contributed by atoms with Crippen LogP contribution in [0.25, 0.3) is 10.4 Å². The molecule has 1 rings (SSSR count). The highest BCUT2D eigenvalue weighted by atomic mass is 16.5. The molecule has 84 valence electrons. The smallest absolute Gasteiger partial charge is 0.319 e. The van der Waals surface area contributed by atoms with Gasteiger partial charge in [0.2, 0.25) is 0 Å². The maximum atomic E-state index is 11.6. The number of benzene rings is 1. The van der Waals surface area contributed by atoms with Gasteiger partial charge in [-0.25, -0.2) is 0 Å². The monoisotopic (exact) mass is 219 g/mol. The third-order valence-electron chi connectivity index (χ3n) is 2.03. The Bertz CT molecular complexity index is 425. The van der Waals surface area contributed by atoms with Crippen LogP contribution in [0.15, 0.2) is 29.4 Å². The van der Waals surface area contributed by atoms with Crippen LogP contribution in [-0.2, 0) is 9.53 Å². The number of nitrogens with zero attached hydrogens (tertiary/aromatic N) is 3. The molecular weight excluding hydrogens is 206 g/mol. The van der Waals surface area contributed by atoms with Crippen LogP contribution in [0.2, 0.25) is 0 Å². The number of carbonyl (C=O) groups is 1. The summed E-state index contributed by atoms with van der Waals surface area (Å²) in [7, 11) is 0. The first kappa shape index (κ1) is 12.1. The van der Waals surface area contributed by atoms with Gasteiger partial charge >= 0.3 is 5.97 Å². The Kier molecular flexibility index (Phi) is 4.36. The second-order valence-electron chi connectivity index (χ2n) is 3.27. The van der Waals surface area contributed by atoms with Crippen molar-refractivity contribution in [2.24, 2.45) is 5.11 Å². The maximum Gasteiger partial charge on any atom is 0.319 e. The zero-order valence-corrected chi connectivity index (χ0v) is 9.25. The molecular formula is C11H13N3O2. The van der Waals surface area contributed by atoms with Crippen LogP contribution in [-0.4, -0.2) is 12.6 Å². The fourth-order valence-electron chi connectivity index (χ4n) is 1.36. The van der Waals surface area contributed by atoms with Gasteiger partial charge in [-0.3, -0.25) is 4.79 Å². The summed E-state index contributed by atoms with van der Waals surface area (Å²) in [4.78, 5) is 14.2. The second-order valence-corrected chi connectivity index (χ2v) is 3.27. The predicted molar refractivity (Wildman–Crippen MR) is 59.7 cm³/mol. The molecule has 0 radical (unpaired) electrons. The molecule has 0 bridgehead atoms. The first-order valence-corrected chi connectivity index (χ1v) is 4.96. The van der Waals surface area contributed by atoms with Crippen LogP contribution in [0.3, 0.4) is 0 Å². The average Bonchev–Trinajstić information content (AvgIpc) is 2.26. The van der Waals surface area contributed by atoms with Gasteiger partial charge in [-0.2, -0.15) is 0 Å². The third-order valence-corrected chi connectivity index (χ3v) is 2.03. The number of carbonyl (C=O) groups excluding carboxylic acids is 1. The molecule has 1 aromatic carbocycles. The van der Waals surface area contributed by atoms with E-state index >= 15 is 0 Å². The van der Waals surface area contributed by atoms with E-state index in [9.17, 15) is 4.79 Å². The van der Waals surface area contributed by atoms with Gasteiger partial charge in [0.05, 0.1) is 6.61 Å². The number of hydrogen-bond acceptors (Lipinski definition) is 3. The number of ether oxygens (including phenoxy) is 1. The molecule has 0 heterocycles. The van der Waals surface area contributed by atoms with Crippen LogP contribution < -0.4 is 0 Å². The Balaban J connectivity index is 3.02. The van der Waals surface area contributed by atoms with Gasteiger partial charge in [0.15, 0.2) is 6.04 Å². The quantitative estimate of drug-likeness (QED) is 0.338. The second kappa shape index (κ2) is 5.78. The van der Waals surface area contributed by atoms with Gasteiger partial charge < -0.3 is 4.74 Å². The van der Waals surface area contributed by atoms with Crippen molar-refractivity contribution in [3.63, 3.8) is 0 Å². The van der Waals surface area contributed by atoms with Gasteiger partial charge in [-0.1, -0.05) is 34.9 Å². The first-order chi connectivity index (χ1) is 7.69. The highest BCUT2D eigenvalue weighted by Crippen LogP contribution is 2.20. The molecule has 16 heavy (non-hydrogen) atoms. The minimum Gasteiger partial charge on any atom is -0.465 e. The lowest BCUT2D eigenvalue weighted by atomic mass is 10.1. The minimum absolute atomic E-state index is 0.266. The summed E-state index contributed by atoms with van der Waals surface area (Å²) in [6.07, 6.45) is 0. The van der Waals surface area contributed by atoms with E-state index in [-0.39, 0.29) is 6.61 Å². The van der Waals surface area contributed by atoms with E-state index in [0.29, 0.717) is 5.56 Å². The van der Waals surface area contributed by atoms with Gasteiger partial charge in [0.25, 0.3) is 0 Å². The minimum atomic E-state index is -0.898. The van der Waals surface area contributed by atoms with E-state index in [2.05, 4.69) is 10.0 Å². The zero-order valence-electron chi connectivity index (χ0n) is 9.25. The lowest BCUT2D eigenvalue weighted by Gasteiger charge is -2.10. The van der Waals surface area contributed by atoms with Crippen LogP contribution in [0.4, 0.5) is 0 Å². The SMILES string of the molecule is CCOC(=O)C(N=[N+]=[N-])c1cccc(C)c1. The summed E-state index contributed by atoms with van der Waals surface area (Å²) in [5, 5.41) is 3.46. The molecule has 0 fully saturated rings. The molecule has 0 N–H and O–H groups in total. The van der Waals surface area contributed by atoms with Crippen LogP contribution in [0.5, 0.6) is 0 Å². The maximum absolute atomic E-state index is 11.6. The molecule has 0 saturated heterocycles. The third kappa shape index (κ3) is 3.00. The van der Waals surface area contributed by atoms with Crippen LogP contribution in [0, 0.1) is 6.92 Å². The fraction of sp³-hybridized carbons (Fsp3) is 0.364. The highest BCUT2D eigenvalue weighted by Gasteiger charge is 2.20. The van der Waals surface area contributed by atoms with Crippen LogP contribution >= 0.6 is 0 Å². The van der Waals surface area contributed by atoms with E-state index in [1.165, 1.54) is 0 Å². The van der Waals surface area contributed by atoms with Crippen molar-refractivity contribution in [2.75, 3.05) is 6.61 Å². The number of azide groups is 1. The number of aryl methyl sites for hydroxylation is 1. The summed E-state index contributed by atoms with van der Waals surface area (Å²) in [5.41, 5.74) is 10.1. The molecule has 1 aromatic rings. The normalized spacial score (nSPS) is 11.4. The highest BCUT2D eigenvalue weighted by molar-refractivity contribution is 5.77. The molecule has 1 atom stereocenters. The van der Waals surface area contributed by atoms with E-state index in [4.69, 9.17) is 10.3 Å². The fourth-order valence-corrected chi connectivity index (χ4v) is 1.36. The van der Waals surface area contributed by atoms with E-state index in [1.54, 1.807) is 19.1 Å². The Hall–Kier alpha value is -2.00. The molecule has 0 aliphatic carbocycles. The van der Waals surface area contributed by atoms with Gasteiger partial charge in [0, 0.05) is 4.91 Å². The lowest BCUT2D eigenvalue weighted by molar-refractivity contribution is -0.144. The van der Waals surface area contributed by atoms with Crippen molar-refractivity contribution in [2.45, 2.75) is 19.9 Å². The molecule has 0 aromatic heterocycles. The Morgan fingerprint density at radius 1 is 1.62 bits per heavy atom. The number of rotatable bonds is 4. The van der Waals surface area contributed by atoms with Crippen molar-refractivity contribution in [3.05, 3.63) is 45.8 Å². The van der Waals surface area contributed by atoms with Crippen LogP contribution in [0.1, 0.15) is 24.1 Å². The molecule has 5 nitrogen and oxygen atoms in total. The van der Waals surface area contributed by atoms with Crippen molar-refractivity contribution in [1.82, 2.24) is 0 Å². The molecule has 0 spiro atoms. The van der Waals surface area contributed by atoms with E-state index in [1.807, 2.05) is 19.1 Å². The first-order valence-electron chi connectivity index (χ1n) is 4.96. The largest absolute Gasteiger partial charge is 0.465 e. The summed E-state index contributed by atoms with van der Waals surface area (Å²) in [6, 6.07) is 6.36. The lowest BCUT2D eigenvalue weighted by Crippen LogP contribution is -2.13. The molecule has 0 saturated carbocycles. The average molecular weight is 219 g/mol. The Morgan fingerprint density at radius 2 is 2.38 bits per heavy atom. The number of hydrogen-bond donors (Lipinski definition) is 0. The van der Waals surface area contributed by atoms with Gasteiger partial charge in [-0.05, 0) is 24.9 Å². The Morgan fingerprint density at radius 3 is 2.94 bits per heavy atom. The van der Waals surface area contributed by atoms with E-state index < -0.39 is 12.0 Å². The molecule has 0 amide bonds. The summed E-state index contributed by atoms with van der Waals surface area (Å²) in [5.74, 6) is -0.522. The summed E-state index contributed by atoms with van der Waals surface area (Å²) in [6.45, 7) is 3.88. The summed E-state index contributed by atoms with van der Waals surface area (Å²) >= 11 is 0. The van der Waals surface area contributed by atoms with Crippen molar-refractivity contribution in [3.8, 4) is 0 Å². The molecule has 0 aliphatic rings. The molecule has 0 aliphatic heterocycles. The standard InChI is InChI=1S/C11H13N3O2/c1-3-16-11(15)10(13-14-12)9-6-4-5-8(2)7-9/h4-7,10H,3H2,1-2H3. The molecule has 5 heteroatoms. The predicted octanol–water partition coefficient (Wildman–Crippen LogP) is 2.91. The molecule has 1 unspecified atom stereocenters. The summed E-state index contributed by atoms with van der Waals surface area (Å²) < 4.78 is 4.85. The van der Waals surface area contributed by atoms with Crippen molar-refractivity contribution >= 4 is 5.97 Å². The van der Waals surface area contributed by atoms with Gasteiger partial charge in [-0.15, -0.1) is 0 Å². The topological polar surface area (TPSA) is 75.1 Å². The Labute approximate surface area is 93.7 Å². The van der Waals surface area contributed by atoms with Gasteiger partial charge in [0.1, 0.15) is 0 Å². The zero-order chi connectivity index (χ0) is 12.0. The van der Waals surface area contributed by atoms with Crippen molar-refractivity contribution in [1.29, 1.82) is 0 Å². The van der Waals surface area contributed by atoms with Crippen molar-refractivity contribution < 1.29 is 9.53 Å². The van der Waals surface area contributed by atoms with E-state index in [0.717, 1.165) is 5.56 Å².